The number of hydrogen-bond acceptors (Lipinski definition) is 4. The van der Waals surface area contributed by atoms with Crippen molar-refractivity contribution in [2.24, 2.45) is 0 Å². The highest BCUT2D eigenvalue weighted by Crippen LogP contribution is 2.13. The number of carbonyl (C=O) groups excluding carboxylic acids is 1. The highest BCUT2D eigenvalue weighted by molar-refractivity contribution is 7.12. The third-order valence-electron chi connectivity index (χ3n) is 2.15. The maximum Gasteiger partial charge on any atom is 0.210 e. The molecule has 2 rings (SSSR count). The highest BCUT2D eigenvalue weighted by Gasteiger charge is 2.07. The molecule has 0 amide bonds. The van der Waals surface area contributed by atoms with Crippen LogP contribution in [-0.2, 0) is 0 Å². The van der Waals surface area contributed by atoms with E-state index in [1.54, 1.807) is 30.3 Å². The smallest absolute Gasteiger partial charge is 0.210 e. The van der Waals surface area contributed by atoms with Crippen molar-refractivity contribution in [3.63, 3.8) is 0 Å². The number of ketones is 1. The van der Waals surface area contributed by atoms with Gasteiger partial charge in [-0.1, -0.05) is 6.07 Å². The quantitative estimate of drug-likeness (QED) is 0.776. The van der Waals surface area contributed by atoms with Crippen LogP contribution in [0.1, 0.15) is 15.2 Å². The van der Waals surface area contributed by atoms with Gasteiger partial charge in [-0.15, -0.1) is 11.3 Å². The Balaban J connectivity index is 1.94. The van der Waals surface area contributed by atoms with Gasteiger partial charge in [0.1, 0.15) is 5.75 Å². The summed E-state index contributed by atoms with van der Waals surface area (Å²) in [6.45, 7) is 0.0203. The van der Waals surface area contributed by atoms with Crippen molar-refractivity contribution in [1.29, 1.82) is 5.26 Å². The number of benzene rings is 1. The van der Waals surface area contributed by atoms with E-state index in [2.05, 4.69) is 0 Å². The summed E-state index contributed by atoms with van der Waals surface area (Å²) < 4.78 is 5.34. The van der Waals surface area contributed by atoms with Gasteiger partial charge in [0.25, 0.3) is 0 Å². The molecule has 1 aromatic heterocycles. The molecule has 0 saturated heterocycles. The summed E-state index contributed by atoms with van der Waals surface area (Å²) in [6, 6.07) is 12.3. The summed E-state index contributed by atoms with van der Waals surface area (Å²) in [5.74, 6) is 0.554. The molecule has 0 aliphatic carbocycles. The Hall–Kier alpha value is -2.12. The second-order valence-corrected chi connectivity index (χ2v) is 4.27. The first-order valence-electron chi connectivity index (χ1n) is 4.99. The summed E-state index contributed by atoms with van der Waals surface area (Å²) in [7, 11) is 0. The summed E-state index contributed by atoms with van der Waals surface area (Å²) in [4.78, 5) is 12.3. The number of nitriles is 1. The first-order valence-corrected chi connectivity index (χ1v) is 5.87. The number of hydrogen-bond donors (Lipinski definition) is 0. The van der Waals surface area contributed by atoms with Crippen LogP contribution >= 0.6 is 11.3 Å². The molecular weight excluding hydrogens is 234 g/mol. The molecular formula is C13H9NO2S. The van der Waals surface area contributed by atoms with Crippen molar-refractivity contribution in [3.8, 4) is 11.8 Å². The van der Waals surface area contributed by atoms with Crippen LogP contribution in [0.3, 0.4) is 0 Å². The molecule has 0 aliphatic heterocycles. The lowest BCUT2D eigenvalue weighted by Gasteiger charge is -2.03. The fraction of sp³-hybridized carbons (Fsp3) is 0.0769. The molecule has 84 valence electrons. The molecule has 2 aromatic rings. The molecule has 1 heterocycles. The van der Waals surface area contributed by atoms with Crippen LogP contribution in [0.15, 0.2) is 41.8 Å². The minimum Gasteiger partial charge on any atom is -0.485 e. The standard InChI is InChI=1S/C13H9NO2S/c14-8-10-3-5-11(6-4-10)16-9-12(15)13-2-1-7-17-13/h1-7H,9H2. The zero-order valence-corrected chi connectivity index (χ0v) is 9.74. The van der Waals surface area contributed by atoms with Crippen LogP contribution in [0.25, 0.3) is 0 Å². The monoisotopic (exact) mass is 243 g/mol. The minimum atomic E-state index is -0.0376. The topological polar surface area (TPSA) is 50.1 Å². The van der Waals surface area contributed by atoms with E-state index in [-0.39, 0.29) is 12.4 Å². The lowest BCUT2D eigenvalue weighted by atomic mass is 10.2. The number of rotatable bonds is 4. The summed E-state index contributed by atoms with van der Waals surface area (Å²) >= 11 is 1.40. The number of carbonyl (C=O) groups is 1. The van der Waals surface area contributed by atoms with Crippen LogP contribution in [0.2, 0.25) is 0 Å². The Morgan fingerprint density at radius 3 is 2.65 bits per heavy atom. The van der Waals surface area contributed by atoms with E-state index < -0.39 is 0 Å². The fourth-order valence-corrected chi connectivity index (χ4v) is 1.93. The van der Waals surface area contributed by atoms with Gasteiger partial charge in [0.05, 0.1) is 16.5 Å². The fourth-order valence-electron chi connectivity index (χ4n) is 1.28. The first-order chi connectivity index (χ1) is 8.29. The lowest BCUT2D eigenvalue weighted by Crippen LogP contribution is -2.09. The van der Waals surface area contributed by atoms with Crippen LogP contribution in [0, 0.1) is 11.3 Å². The third kappa shape index (κ3) is 2.92. The van der Waals surface area contributed by atoms with Crippen LogP contribution in [0.5, 0.6) is 5.75 Å². The van der Waals surface area contributed by atoms with E-state index in [9.17, 15) is 4.79 Å². The Morgan fingerprint density at radius 2 is 2.06 bits per heavy atom. The van der Waals surface area contributed by atoms with Gasteiger partial charge in [0.2, 0.25) is 5.78 Å². The van der Waals surface area contributed by atoms with Crippen molar-refractivity contribution in [1.82, 2.24) is 0 Å². The number of ether oxygens (including phenoxy) is 1. The lowest BCUT2D eigenvalue weighted by molar-refractivity contribution is 0.0925. The van der Waals surface area contributed by atoms with Gasteiger partial charge < -0.3 is 4.74 Å². The zero-order chi connectivity index (χ0) is 12.1. The molecule has 1 aromatic carbocycles. The van der Waals surface area contributed by atoms with E-state index in [1.165, 1.54) is 11.3 Å². The van der Waals surface area contributed by atoms with Crippen LogP contribution < -0.4 is 4.74 Å². The van der Waals surface area contributed by atoms with Crippen molar-refractivity contribution < 1.29 is 9.53 Å². The number of nitrogens with zero attached hydrogens (tertiary/aromatic N) is 1. The summed E-state index contributed by atoms with van der Waals surface area (Å²) in [5, 5.41) is 10.5. The average Bonchev–Trinajstić information content (AvgIpc) is 2.90. The van der Waals surface area contributed by atoms with Gasteiger partial charge in [-0.2, -0.15) is 5.26 Å². The maximum absolute atomic E-state index is 11.6. The second-order valence-electron chi connectivity index (χ2n) is 3.33. The Bertz CT molecular complexity index is 538. The molecule has 17 heavy (non-hydrogen) atoms. The van der Waals surface area contributed by atoms with Crippen LogP contribution in [-0.4, -0.2) is 12.4 Å². The van der Waals surface area contributed by atoms with Gasteiger partial charge in [-0.05, 0) is 35.7 Å². The van der Waals surface area contributed by atoms with E-state index in [0.29, 0.717) is 16.2 Å². The van der Waals surface area contributed by atoms with E-state index in [4.69, 9.17) is 10.00 Å². The van der Waals surface area contributed by atoms with E-state index in [0.717, 1.165) is 0 Å². The normalized spacial score (nSPS) is 9.59. The molecule has 4 heteroatoms. The Morgan fingerprint density at radius 1 is 1.29 bits per heavy atom. The SMILES string of the molecule is N#Cc1ccc(OCC(=O)c2cccs2)cc1. The molecule has 0 atom stereocenters. The second kappa shape index (κ2) is 5.28. The zero-order valence-electron chi connectivity index (χ0n) is 8.92. The number of Topliss-reactive ketones (excluding diaryl/α,β-unsaturated/α-hetero) is 1. The van der Waals surface area contributed by atoms with Crippen molar-refractivity contribution in [2.45, 2.75) is 0 Å². The predicted molar refractivity (Wildman–Crippen MR) is 65.3 cm³/mol. The molecule has 0 saturated carbocycles. The average molecular weight is 243 g/mol. The highest BCUT2D eigenvalue weighted by atomic mass is 32.1. The molecule has 0 aliphatic rings. The Kier molecular flexibility index (Phi) is 3.53. The molecule has 0 bridgehead atoms. The molecule has 0 fully saturated rings. The predicted octanol–water partition coefficient (Wildman–Crippen LogP) is 2.88. The van der Waals surface area contributed by atoms with E-state index in [1.807, 2.05) is 17.5 Å². The summed E-state index contributed by atoms with van der Waals surface area (Å²) in [6.07, 6.45) is 0. The molecule has 0 spiro atoms. The van der Waals surface area contributed by atoms with Gasteiger partial charge in [-0.3, -0.25) is 4.79 Å². The van der Waals surface area contributed by atoms with Gasteiger partial charge in [0.15, 0.2) is 6.61 Å². The van der Waals surface area contributed by atoms with Gasteiger partial charge in [-0.25, -0.2) is 0 Å². The minimum absolute atomic E-state index is 0.0203. The molecule has 3 nitrogen and oxygen atoms in total. The molecule has 0 N–H and O–H groups in total. The number of thiophene rings is 1. The van der Waals surface area contributed by atoms with Gasteiger partial charge >= 0.3 is 0 Å². The molecule has 0 unspecified atom stereocenters. The van der Waals surface area contributed by atoms with Crippen LogP contribution in [0.4, 0.5) is 0 Å². The van der Waals surface area contributed by atoms with Gasteiger partial charge in [0, 0.05) is 0 Å². The first kappa shape index (κ1) is 11.4. The Labute approximate surface area is 103 Å². The van der Waals surface area contributed by atoms with Crippen molar-refractivity contribution >= 4 is 17.1 Å². The largest absolute Gasteiger partial charge is 0.485 e. The van der Waals surface area contributed by atoms with Crippen molar-refractivity contribution in [2.75, 3.05) is 6.61 Å². The van der Waals surface area contributed by atoms with Crippen molar-refractivity contribution in [3.05, 3.63) is 52.2 Å². The third-order valence-corrected chi connectivity index (χ3v) is 3.06. The molecule has 0 radical (unpaired) electrons. The summed E-state index contributed by atoms with van der Waals surface area (Å²) in [5.41, 5.74) is 0.571. The van der Waals surface area contributed by atoms with E-state index >= 15 is 0 Å². The maximum atomic E-state index is 11.6.